The van der Waals surface area contributed by atoms with Gasteiger partial charge in [0.25, 0.3) is 5.91 Å². The van der Waals surface area contributed by atoms with Crippen molar-refractivity contribution in [1.82, 2.24) is 15.1 Å². The second-order valence-corrected chi connectivity index (χ2v) is 6.89. The van der Waals surface area contributed by atoms with Gasteiger partial charge >= 0.3 is 5.97 Å². The molecule has 0 aliphatic rings. The van der Waals surface area contributed by atoms with Crippen molar-refractivity contribution in [2.24, 2.45) is 0 Å². The van der Waals surface area contributed by atoms with Crippen molar-refractivity contribution in [3.63, 3.8) is 0 Å². The first-order valence-corrected chi connectivity index (χ1v) is 9.64. The fraction of sp³-hybridized carbons (Fsp3) is 0.261. The van der Waals surface area contributed by atoms with E-state index in [9.17, 15) is 9.59 Å². The number of amides is 1. The van der Waals surface area contributed by atoms with Gasteiger partial charge in [-0.05, 0) is 61.7 Å². The van der Waals surface area contributed by atoms with Crippen molar-refractivity contribution in [1.29, 1.82) is 0 Å². The number of benzene rings is 2. The molecule has 6 nitrogen and oxygen atoms in total. The van der Waals surface area contributed by atoms with E-state index < -0.39 is 5.97 Å². The molecule has 0 bridgehead atoms. The molecule has 3 rings (SSSR count). The zero-order valence-electron chi connectivity index (χ0n) is 16.9. The Kier molecular flexibility index (Phi) is 6.44. The maximum atomic E-state index is 12.2. The maximum absolute atomic E-state index is 12.2. The average Bonchev–Trinajstić information content (AvgIpc) is 3.18. The lowest BCUT2D eigenvalue weighted by molar-refractivity contribution is -0.124. The summed E-state index contributed by atoms with van der Waals surface area (Å²) in [6, 6.07) is 16.7. The second-order valence-electron chi connectivity index (χ2n) is 6.89. The van der Waals surface area contributed by atoms with E-state index in [4.69, 9.17) is 4.74 Å². The van der Waals surface area contributed by atoms with Crippen LogP contribution in [0.1, 0.15) is 47.1 Å². The minimum absolute atomic E-state index is 0.163. The number of rotatable bonds is 7. The van der Waals surface area contributed by atoms with Crippen LogP contribution in [0.3, 0.4) is 0 Å². The Morgan fingerprint density at radius 1 is 1.07 bits per heavy atom. The van der Waals surface area contributed by atoms with Crippen molar-refractivity contribution >= 4 is 11.9 Å². The van der Waals surface area contributed by atoms with E-state index in [2.05, 4.69) is 17.3 Å². The molecule has 1 N–H and O–H groups in total. The number of ether oxygens (including phenoxy) is 1. The number of hydrogen-bond donors (Lipinski definition) is 1. The monoisotopic (exact) mass is 391 g/mol. The van der Waals surface area contributed by atoms with Crippen LogP contribution >= 0.6 is 0 Å². The van der Waals surface area contributed by atoms with E-state index in [1.807, 2.05) is 44.2 Å². The van der Waals surface area contributed by atoms with Gasteiger partial charge in [-0.3, -0.25) is 4.79 Å². The van der Waals surface area contributed by atoms with Crippen LogP contribution in [0.2, 0.25) is 0 Å². The number of aryl methyl sites for hydroxylation is 2. The molecule has 29 heavy (non-hydrogen) atoms. The Bertz CT molecular complexity index is 975. The third-order valence-electron chi connectivity index (χ3n) is 4.78. The van der Waals surface area contributed by atoms with Gasteiger partial charge in [-0.25, -0.2) is 9.48 Å². The molecule has 1 heterocycles. The lowest BCUT2D eigenvalue weighted by Crippen LogP contribution is -2.31. The van der Waals surface area contributed by atoms with E-state index >= 15 is 0 Å². The molecule has 0 aliphatic heterocycles. The highest BCUT2D eigenvalue weighted by atomic mass is 16.5. The van der Waals surface area contributed by atoms with Crippen LogP contribution in [-0.2, 0) is 16.0 Å². The minimum atomic E-state index is -0.538. The summed E-state index contributed by atoms with van der Waals surface area (Å²) in [5.74, 6) is -0.877. The molecule has 0 radical (unpaired) electrons. The average molecular weight is 391 g/mol. The number of nitrogens with one attached hydrogen (secondary N) is 1. The summed E-state index contributed by atoms with van der Waals surface area (Å²) in [6.45, 7) is 5.63. The zero-order valence-corrected chi connectivity index (χ0v) is 16.9. The Balaban J connectivity index is 1.51. The molecule has 2 aromatic carbocycles. The lowest BCUT2D eigenvalue weighted by atomic mass is 10.1. The van der Waals surface area contributed by atoms with Crippen molar-refractivity contribution in [2.45, 2.75) is 33.2 Å². The fourth-order valence-corrected chi connectivity index (χ4v) is 3.00. The second kappa shape index (κ2) is 9.19. The topological polar surface area (TPSA) is 73.2 Å². The third kappa shape index (κ3) is 5.10. The van der Waals surface area contributed by atoms with Crippen LogP contribution in [0.15, 0.2) is 60.8 Å². The highest BCUT2D eigenvalue weighted by molar-refractivity contribution is 5.91. The highest BCUT2D eigenvalue weighted by Crippen LogP contribution is 2.14. The SMILES string of the molecule is CCc1ccc([C@@H](C)NC(=O)COC(=O)c2ccc(-n3nccc3C)cc2)cc1. The Morgan fingerprint density at radius 2 is 1.76 bits per heavy atom. The first-order valence-electron chi connectivity index (χ1n) is 9.64. The van der Waals surface area contributed by atoms with Crippen LogP contribution < -0.4 is 5.32 Å². The van der Waals surface area contributed by atoms with Crippen LogP contribution in [0.4, 0.5) is 0 Å². The van der Waals surface area contributed by atoms with E-state index in [-0.39, 0.29) is 18.6 Å². The zero-order chi connectivity index (χ0) is 20.8. The summed E-state index contributed by atoms with van der Waals surface area (Å²) in [4.78, 5) is 24.3. The third-order valence-corrected chi connectivity index (χ3v) is 4.78. The standard InChI is InChI=1S/C23H25N3O3/c1-4-18-5-7-19(8-6-18)17(3)25-22(27)15-29-23(28)20-9-11-21(12-10-20)26-16(2)13-14-24-26/h5-14,17H,4,15H2,1-3H3,(H,25,27)/t17-/m1/s1. The van der Waals surface area contributed by atoms with Gasteiger partial charge in [-0.1, -0.05) is 31.2 Å². The van der Waals surface area contributed by atoms with Crippen LogP contribution in [0.25, 0.3) is 5.69 Å². The molecule has 1 amide bonds. The summed E-state index contributed by atoms with van der Waals surface area (Å²) >= 11 is 0. The molecule has 150 valence electrons. The van der Waals surface area contributed by atoms with Gasteiger partial charge in [0.15, 0.2) is 6.61 Å². The Labute approximate surface area is 170 Å². The van der Waals surface area contributed by atoms with Crippen LogP contribution in [0, 0.1) is 6.92 Å². The minimum Gasteiger partial charge on any atom is -0.452 e. The largest absolute Gasteiger partial charge is 0.452 e. The molecular formula is C23H25N3O3. The van der Waals surface area contributed by atoms with Crippen molar-refractivity contribution < 1.29 is 14.3 Å². The quantitative estimate of drug-likeness (QED) is 0.622. The predicted molar refractivity (Wildman–Crippen MR) is 111 cm³/mol. The van der Waals surface area contributed by atoms with Crippen LogP contribution in [0.5, 0.6) is 0 Å². The van der Waals surface area contributed by atoms with E-state index in [0.29, 0.717) is 5.56 Å². The number of esters is 1. The molecule has 1 aromatic heterocycles. The predicted octanol–water partition coefficient (Wildman–Crippen LogP) is 3.78. The molecule has 0 unspecified atom stereocenters. The van der Waals surface area contributed by atoms with Crippen LogP contribution in [-0.4, -0.2) is 28.3 Å². The molecular weight excluding hydrogens is 366 g/mol. The maximum Gasteiger partial charge on any atom is 0.338 e. The molecule has 3 aromatic rings. The summed E-state index contributed by atoms with van der Waals surface area (Å²) < 4.78 is 6.92. The first kappa shape index (κ1) is 20.3. The molecule has 0 fully saturated rings. The summed E-state index contributed by atoms with van der Waals surface area (Å²) in [6.07, 6.45) is 2.69. The molecule has 1 atom stereocenters. The number of hydrogen-bond acceptors (Lipinski definition) is 4. The number of nitrogens with zero attached hydrogens (tertiary/aromatic N) is 2. The van der Waals surface area contributed by atoms with Crippen molar-refractivity contribution in [3.8, 4) is 5.69 Å². The van der Waals surface area contributed by atoms with Gasteiger partial charge in [-0.2, -0.15) is 5.10 Å². The van der Waals surface area contributed by atoms with Crippen molar-refractivity contribution in [2.75, 3.05) is 6.61 Å². The van der Waals surface area contributed by atoms with Gasteiger partial charge < -0.3 is 10.1 Å². The lowest BCUT2D eigenvalue weighted by Gasteiger charge is -2.15. The summed E-state index contributed by atoms with van der Waals surface area (Å²) in [5, 5.41) is 7.08. The summed E-state index contributed by atoms with van der Waals surface area (Å²) in [7, 11) is 0. The van der Waals surface area contributed by atoms with E-state index in [0.717, 1.165) is 23.4 Å². The smallest absolute Gasteiger partial charge is 0.338 e. The van der Waals surface area contributed by atoms with Gasteiger partial charge in [0.05, 0.1) is 17.3 Å². The number of carbonyl (C=O) groups excluding carboxylic acids is 2. The van der Waals surface area contributed by atoms with Crippen molar-refractivity contribution in [3.05, 3.63) is 83.2 Å². The highest BCUT2D eigenvalue weighted by Gasteiger charge is 2.13. The van der Waals surface area contributed by atoms with Gasteiger partial charge in [-0.15, -0.1) is 0 Å². The normalized spacial score (nSPS) is 11.7. The molecule has 0 saturated heterocycles. The van der Waals surface area contributed by atoms with Gasteiger partial charge in [0.1, 0.15) is 0 Å². The Hall–Kier alpha value is -3.41. The summed E-state index contributed by atoms with van der Waals surface area (Å²) in [5.41, 5.74) is 4.48. The van der Waals surface area contributed by atoms with Gasteiger partial charge in [0.2, 0.25) is 0 Å². The molecule has 6 heteroatoms. The van der Waals surface area contributed by atoms with E-state index in [1.54, 1.807) is 35.1 Å². The molecule has 0 saturated carbocycles. The van der Waals surface area contributed by atoms with Gasteiger partial charge in [0, 0.05) is 11.9 Å². The van der Waals surface area contributed by atoms with E-state index in [1.165, 1.54) is 5.56 Å². The molecule has 0 spiro atoms. The fourth-order valence-electron chi connectivity index (χ4n) is 3.00. The Morgan fingerprint density at radius 3 is 2.34 bits per heavy atom. The number of carbonyl (C=O) groups is 2. The first-order chi connectivity index (χ1) is 14.0. The number of aromatic nitrogens is 2. The molecule has 0 aliphatic carbocycles.